The van der Waals surface area contributed by atoms with Gasteiger partial charge in [0.25, 0.3) is 0 Å². The predicted molar refractivity (Wildman–Crippen MR) is 150 cm³/mol. The molecule has 0 saturated heterocycles. The SMILES string of the molecule is CCN(CCN)CCCC(NCl)C(=O)NC(CCc1ccccc1)C(=O)Nc1cnc2ccccc2c1. The molecule has 2 amide bonds. The second-order valence-electron chi connectivity index (χ2n) is 9.02. The number of halogens is 1. The summed E-state index contributed by atoms with van der Waals surface area (Å²) in [5, 5.41) is 6.77. The van der Waals surface area contributed by atoms with E-state index in [1.54, 1.807) is 6.20 Å². The molecule has 1 aromatic heterocycles. The number of nitrogens with one attached hydrogen (secondary N) is 3. The van der Waals surface area contributed by atoms with Crippen LogP contribution in [0.15, 0.2) is 66.9 Å². The molecular formula is C28H37ClN6O2. The molecule has 0 radical (unpaired) electrons. The number of carbonyl (C=O) groups excluding carboxylic acids is 2. The molecule has 8 nitrogen and oxygen atoms in total. The number of amides is 2. The highest BCUT2D eigenvalue weighted by Gasteiger charge is 2.25. The molecule has 9 heteroatoms. The molecule has 1 heterocycles. The number of anilines is 1. The van der Waals surface area contributed by atoms with Crippen molar-refractivity contribution in [2.24, 2.45) is 5.73 Å². The van der Waals surface area contributed by atoms with E-state index in [9.17, 15) is 9.59 Å². The Morgan fingerprint density at radius 3 is 2.49 bits per heavy atom. The zero-order chi connectivity index (χ0) is 26.5. The van der Waals surface area contributed by atoms with Gasteiger partial charge in [-0.1, -0.05) is 55.5 Å². The number of hydrogen-bond acceptors (Lipinski definition) is 6. The van der Waals surface area contributed by atoms with Crippen molar-refractivity contribution in [2.45, 2.75) is 44.7 Å². The summed E-state index contributed by atoms with van der Waals surface area (Å²) in [5.74, 6) is -0.600. The van der Waals surface area contributed by atoms with Crippen LogP contribution in [0.25, 0.3) is 10.9 Å². The fourth-order valence-electron chi connectivity index (χ4n) is 4.23. The molecule has 2 atom stereocenters. The monoisotopic (exact) mass is 524 g/mol. The lowest BCUT2D eigenvalue weighted by Gasteiger charge is -2.23. The topological polar surface area (TPSA) is 112 Å². The molecular weight excluding hydrogens is 488 g/mol. The zero-order valence-electron chi connectivity index (χ0n) is 21.3. The summed E-state index contributed by atoms with van der Waals surface area (Å²) in [7, 11) is 0. The third-order valence-electron chi connectivity index (χ3n) is 6.36. The third kappa shape index (κ3) is 9.09. The molecule has 0 aliphatic rings. The lowest BCUT2D eigenvalue weighted by atomic mass is 10.0. The summed E-state index contributed by atoms with van der Waals surface area (Å²) in [6.45, 7) is 5.21. The summed E-state index contributed by atoms with van der Waals surface area (Å²) >= 11 is 5.94. The lowest BCUT2D eigenvalue weighted by molar-refractivity contribution is -0.127. The van der Waals surface area contributed by atoms with E-state index in [0.29, 0.717) is 31.5 Å². The highest BCUT2D eigenvalue weighted by atomic mass is 35.5. The van der Waals surface area contributed by atoms with Crippen LogP contribution in [0.3, 0.4) is 0 Å². The number of fused-ring (bicyclic) bond motifs is 1. The van der Waals surface area contributed by atoms with Crippen molar-refractivity contribution in [1.82, 2.24) is 20.0 Å². The number of aryl methyl sites for hydroxylation is 1. The molecule has 37 heavy (non-hydrogen) atoms. The number of pyridine rings is 1. The third-order valence-corrected chi connectivity index (χ3v) is 6.63. The Labute approximate surface area is 224 Å². The van der Waals surface area contributed by atoms with E-state index in [0.717, 1.165) is 42.5 Å². The number of rotatable bonds is 15. The Hall–Kier alpha value is -3.04. The van der Waals surface area contributed by atoms with Crippen molar-refractivity contribution in [3.8, 4) is 0 Å². The Bertz CT molecular complexity index is 1130. The van der Waals surface area contributed by atoms with Crippen LogP contribution < -0.4 is 21.2 Å². The Morgan fingerprint density at radius 1 is 1.00 bits per heavy atom. The molecule has 5 N–H and O–H groups in total. The van der Waals surface area contributed by atoms with E-state index in [-0.39, 0.29) is 11.8 Å². The molecule has 0 spiro atoms. The van der Waals surface area contributed by atoms with E-state index < -0.39 is 12.1 Å². The van der Waals surface area contributed by atoms with Crippen molar-refractivity contribution >= 4 is 40.2 Å². The Kier molecular flexibility index (Phi) is 11.8. The van der Waals surface area contributed by atoms with Gasteiger partial charge >= 0.3 is 0 Å². The van der Waals surface area contributed by atoms with Crippen molar-refractivity contribution < 1.29 is 9.59 Å². The van der Waals surface area contributed by atoms with Gasteiger partial charge in [-0.05, 0) is 68.2 Å². The second kappa shape index (κ2) is 15.3. The smallest absolute Gasteiger partial charge is 0.247 e. The molecule has 0 aliphatic carbocycles. The minimum Gasteiger partial charge on any atom is -0.343 e. The standard InChI is InChI=1S/C28H37ClN6O2/c1-2-35(18-16-30)17-8-13-26(34-29)28(37)33-25(15-14-21-9-4-3-5-10-21)27(36)32-23-19-22-11-6-7-12-24(22)31-20-23/h3-7,9-12,19-20,25-26,34H,2,8,13-18,30H2,1H3,(H,32,36)(H,33,37). The highest BCUT2D eigenvalue weighted by molar-refractivity contribution is 6.15. The molecule has 0 fully saturated rings. The largest absolute Gasteiger partial charge is 0.343 e. The maximum atomic E-state index is 13.3. The molecule has 2 aromatic carbocycles. The normalized spacial score (nSPS) is 12.9. The first-order chi connectivity index (χ1) is 18.0. The number of likely N-dealkylation sites (N-methyl/N-ethyl adjacent to an activating group) is 1. The van der Waals surface area contributed by atoms with Gasteiger partial charge in [-0.3, -0.25) is 14.6 Å². The Morgan fingerprint density at radius 2 is 1.76 bits per heavy atom. The van der Waals surface area contributed by atoms with Crippen LogP contribution in [0.2, 0.25) is 0 Å². The summed E-state index contributed by atoms with van der Waals surface area (Å²) in [5.41, 5.74) is 8.18. The van der Waals surface area contributed by atoms with Gasteiger partial charge in [-0.15, -0.1) is 0 Å². The van der Waals surface area contributed by atoms with Gasteiger partial charge in [0, 0.05) is 18.5 Å². The molecule has 2 unspecified atom stereocenters. The molecule has 198 valence electrons. The lowest BCUT2D eigenvalue weighted by Crippen LogP contribution is -2.50. The van der Waals surface area contributed by atoms with Crippen LogP contribution in [-0.4, -0.2) is 60.0 Å². The maximum absolute atomic E-state index is 13.3. The number of aromatic nitrogens is 1. The summed E-state index contributed by atoms with van der Waals surface area (Å²) in [6, 6.07) is 18.1. The van der Waals surface area contributed by atoms with Crippen LogP contribution in [0.5, 0.6) is 0 Å². The molecule has 0 aliphatic heterocycles. The minimum absolute atomic E-state index is 0.296. The van der Waals surface area contributed by atoms with Gasteiger partial charge in [0.1, 0.15) is 12.1 Å². The number of benzene rings is 2. The summed E-state index contributed by atoms with van der Waals surface area (Å²) in [6.07, 6.45) is 4.02. The summed E-state index contributed by atoms with van der Waals surface area (Å²) in [4.78, 5) is 35.7. The average Bonchev–Trinajstić information content (AvgIpc) is 2.93. The van der Waals surface area contributed by atoms with E-state index in [1.165, 1.54) is 0 Å². The number of nitrogens with zero attached hydrogens (tertiary/aromatic N) is 2. The minimum atomic E-state index is -0.740. The zero-order valence-corrected chi connectivity index (χ0v) is 22.1. The summed E-state index contributed by atoms with van der Waals surface area (Å²) < 4.78 is 0. The van der Waals surface area contributed by atoms with Crippen LogP contribution >= 0.6 is 11.8 Å². The van der Waals surface area contributed by atoms with E-state index in [2.05, 4.69) is 32.3 Å². The Balaban J connectivity index is 1.66. The second-order valence-corrected chi connectivity index (χ2v) is 9.24. The van der Waals surface area contributed by atoms with Gasteiger partial charge in [-0.2, -0.15) is 0 Å². The first-order valence-electron chi connectivity index (χ1n) is 12.8. The van der Waals surface area contributed by atoms with Gasteiger partial charge in [0.2, 0.25) is 11.8 Å². The van der Waals surface area contributed by atoms with Crippen LogP contribution in [0, 0.1) is 0 Å². The number of hydrogen-bond donors (Lipinski definition) is 4. The van der Waals surface area contributed by atoms with Gasteiger partial charge < -0.3 is 21.3 Å². The first-order valence-corrected chi connectivity index (χ1v) is 13.2. The van der Waals surface area contributed by atoms with E-state index in [1.807, 2.05) is 60.7 Å². The maximum Gasteiger partial charge on any atom is 0.247 e. The van der Waals surface area contributed by atoms with E-state index in [4.69, 9.17) is 17.5 Å². The number of carbonyl (C=O) groups is 2. The first kappa shape index (κ1) is 28.5. The van der Waals surface area contributed by atoms with Crippen molar-refractivity contribution in [3.05, 3.63) is 72.4 Å². The van der Waals surface area contributed by atoms with Crippen molar-refractivity contribution in [3.63, 3.8) is 0 Å². The fourth-order valence-corrected chi connectivity index (χ4v) is 4.44. The van der Waals surface area contributed by atoms with Gasteiger partial charge in [0.05, 0.1) is 17.4 Å². The van der Waals surface area contributed by atoms with Gasteiger partial charge in [-0.25, -0.2) is 4.84 Å². The van der Waals surface area contributed by atoms with Gasteiger partial charge in [0.15, 0.2) is 0 Å². The van der Waals surface area contributed by atoms with Crippen LogP contribution in [-0.2, 0) is 16.0 Å². The average molecular weight is 525 g/mol. The fraction of sp³-hybridized carbons (Fsp3) is 0.393. The molecule has 3 rings (SSSR count). The quantitative estimate of drug-likeness (QED) is 0.226. The highest BCUT2D eigenvalue weighted by Crippen LogP contribution is 2.17. The number of para-hydroxylation sites is 1. The van der Waals surface area contributed by atoms with Crippen LogP contribution in [0.1, 0.15) is 31.7 Å². The predicted octanol–water partition coefficient (Wildman–Crippen LogP) is 3.46. The molecule has 0 bridgehead atoms. The van der Waals surface area contributed by atoms with Crippen LogP contribution in [0.4, 0.5) is 5.69 Å². The molecule has 3 aromatic rings. The van der Waals surface area contributed by atoms with E-state index >= 15 is 0 Å². The number of nitrogens with two attached hydrogens (primary N) is 1. The van der Waals surface area contributed by atoms with Crippen molar-refractivity contribution in [2.75, 3.05) is 31.5 Å². The molecule has 0 saturated carbocycles. The van der Waals surface area contributed by atoms with Crippen molar-refractivity contribution in [1.29, 1.82) is 0 Å².